The Bertz CT molecular complexity index is 368. The molecule has 0 aromatic heterocycles. The Morgan fingerprint density at radius 3 is 2.00 bits per heavy atom. The molecule has 0 aliphatic rings. The second-order valence-electron chi connectivity index (χ2n) is 4.69. The van der Waals surface area contributed by atoms with Gasteiger partial charge in [-0.25, -0.2) is 0 Å². The average Bonchev–Trinajstić information content (AvgIpc) is 2.29. The number of hydrogen-bond donors (Lipinski definition) is 0. The van der Waals surface area contributed by atoms with Gasteiger partial charge in [0.1, 0.15) is 0 Å². The van der Waals surface area contributed by atoms with Gasteiger partial charge in [-0.15, -0.1) is 0 Å². The van der Waals surface area contributed by atoms with Crippen molar-refractivity contribution in [3.8, 4) is 0 Å². The van der Waals surface area contributed by atoms with Crippen LogP contribution in [0.4, 0.5) is 5.69 Å². The van der Waals surface area contributed by atoms with Crippen molar-refractivity contribution in [2.24, 2.45) is 0 Å². The Morgan fingerprint density at radius 1 is 1.12 bits per heavy atom. The van der Waals surface area contributed by atoms with E-state index in [1.807, 2.05) is 69.2 Å². The molecule has 0 spiro atoms. The molecule has 1 atom stereocenters. The van der Waals surface area contributed by atoms with Gasteiger partial charge in [-0.3, -0.25) is 9.69 Å². The number of ketones is 1. The first kappa shape index (κ1) is 13.7. The van der Waals surface area contributed by atoms with E-state index in [4.69, 9.17) is 0 Å². The zero-order valence-corrected chi connectivity index (χ0v) is 11.4. The van der Waals surface area contributed by atoms with Crippen LogP contribution in [0.3, 0.4) is 0 Å². The molecule has 1 aromatic carbocycles. The van der Waals surface area contributed by atoms with E-state index < -0.39 is 0 Å². The molecule has 3 nitrogen and oxygen atoms in total. The topological polar surface area (TPSA) is 23.6 Å². The third kappa shape index (κ3) is 3.30. The molecule has 0 aliphatic heterocycles. The van der Waals surface area contributed by atoms with Gasteiger partial charge in [-0.05, 0) is 44.8 Å². The molecule has 0 saturated carbocycles. The standard InChI is InChI=1S/C14H22N2O/c1-6-13(16(4)5)14(17)11-7-9-12(10-8-11)15(2)3/h7-10,13H,6H2,1-5H3. The van der Waals surface area contributed by atoms with E-state index >= 15 is 0 Å². The lowest BCUT2D eigenvalue weighted by molar-refractivity contribution is 0.0871. The van der Waals surface area contributed by atoms with Crippen molar-refractivity contribution in [1.29, 1.82) is 0 Å². The lowest BCUT2D eigenvalue weighted by Crippen LogP contribution is -2.35. The van der Waals surface area contributed by atoms with Crippen LogP contribution in [0.1, 0.15) is 23.7 Å². The second kappa shape index (κ2) is 5.82. The minimum atomic E-state index is -0.0276. The average molecular weight is 234 g/mol. The molecule has 3 heteroatoms. The Balaban J connectivity index is 2.89. The Morgan fingerprint density at radius 2 is 1.65 bits per heavy atom. The van der Waals surface area contributed by atoms with Gasteiger partial charge in [0.05, 0.1) is 6.04 Å². The van der Waals surface area contributed by atoms with Gasteiger partial charge in [0.25, 0.3) is 0 Å². The number of benzene rings is 1. The van der Waals surface area contributed by atoms with Crippen LogP contribution in [-0.4, -0.2) is 44.9 Å². The molecule has 0 fully saturated rings. The van der Waals surface area contributed by atoms with Crippen molar-refractivity contribution in [3.63, 3.8) is 0 Å². The largest absolute Gasteiger partial charge is 0.378 e. The van der Waals surface area contributed by atoms with Crippen LogP contribution in [-0.2, 0) is 0 Å². The highest BCUT2D eigenvalue weighted by atomic mass is 16.1. The number of carbonyl (C=O) groups is 1. The first-order valence-corrected chi connectivity index (χ1v) is 5.95. The maximum Gasteiger partial charge on any atom is 0.179 e. The van der Waals surface area contributed by atoms with Crippen LogP contribution in [0.25, 0.3) is 0 Å². The third-order valence-electron chi connectivity index (χ3n) is 2.98. The fourth-order valence-electron chi connectivity index (χ4n) is 1.90. The zero-order valence-electron chi connectivity index (χ0n) is 11.4. The molecule has 94 valence electrons. The van der Waals surface area contributed by atoms with Crippen LogP contribution in [0.2, 0.25) is 0 Å². The minimum Gasteiger partial charge on any atom is -0.378 e. The maximum absolute atomic E-state index is 12.2. The predicted molar refractivity (Wildman–Crippen MR) is 72.9 cm³/mol. The molecule has 1 rings (SSSR count). The maximum atomic E-state index is 12.2. The van der Waals surface area contributed by atoms with Crippen LogP contribution >= 0.6 is 0 Å². The van der Waals surface area contributed by atoms with E-state index in [0.29, 0.717) is 0 Å². The normalized spacial score (nSPS) is 12.6. The van der Waals surface area contributed by atoms with Crippen molar-refractivity contribution in [1.82, 2.24) is 4.90 Å². The summed E-state index contributed by atoms with van der Waals surface area (Å²) in [4.78, 5) is 16.2. The van der Waals surface area contributed by atoms with Gasteiger partial charge in [-0.2, -0.15) is 0 Å². The fraction of sp³-hybridized carbons (Fsp3) is 0.500. The van der Waals surface area contributed by atoms with Crippen LogP contribution in [0, 0.1) is 0 Å². The fourth-order valence-corrected chi connectivity index (χ4v) is 1.90. The predicted octanol–water partition coefficient (Wildman–Crippen LogP) is 2.28. The number of nitrogens with zero attached hydrogens (tertiary/aromatic N) is 2. The molecule has 0 radical (unpaired) electrons. The third-order valence-corrected chi connectivity index (χ3v) is 2.98. The molecular formula is C14H22N2O. The van der Waals surface area contributed by atoms with Gasteiger partial charge < -0.3 is 4.90 Å². The lowest BCUT2D eigenvalue weighted by Gasteiger charge is -2.21. The van der Waals surface area contributed by atoms with Gasteiger partial charge in [0, 0.05) is 25.3 Å². The summed E-state index contributed by atoms with van der Waals surface area (Å²) in [5.74, 6) is 0.197. The number of carbonyl (C=O) groups excluding carboxylic acids is 1. The first-order chi connectivity index (χ1) is 7.97. The van der Waals surface area contributed by atoms with E-state index in [-0.39, 0.29) is 11.8 Å². The van der Waals surface area contributed by atoms with Crippen LogP contribution < -0.4 is 4.90 Å². The van der Waals surface area contributed by atoms with Gasteiger partial charge in [0.2, 0.25) is 0 Å². The molecule has 0 heterocycles. The SMILES string of the molecule is CCC(C(=O)c1ccc(N(C)C)cc1)N(C)C. The summed E-state index contributed by atoms with van der Waals surface area (Å²) >= 11 is 0. The second-order valence-corrected chi connectivity index (χ2v) is 4.69. The summed E-state index contributed by atoms with van der Waals surface area (Å²) in [5, 5.41) is 0. The molecular weight excluding hydrogens is 212 g/mol. The highest BCUT2D eigenvalue weighted by Crippen LogP contribution is 2.15. The van der Waals surface area contributed by atoms with Crippen molar-refractivity contribution < 1.29 is 4.79 Å². The highest BCUT2D eigenvalue weighted by molar-refractivity contribution is 6.00. The number of rotatable bonds is 5. The molecule has 0 bridgehead atoms. The molecule has 0 aliphatic carbocycles. The summed E-state index contributed by atoms with van der Waals surface area (Å²) in [6.45, 7) is 2.04. The van der Waals surface area contributed by atoms with Gasteiger partial charge in [0.15, 0.2) is 5.78 Å². The molecule has 0 saturated heterocycles. The number of Topliss-reactive ketones (excluding diaryl/α,β-unsaturated/α-hetero) is 1. The van der Waals surface area contributed by atoms with Crippen molar-refractivity contribution >= 4 is 11.5 Å². The van der Waals surface area contributed by atoms with Crippen molar-refractivity contribution in [2.75, 3.05) is 33.1 Å². The lowest BCUT2D eigenvalue weighted by atomic mass is 10.0. The number of likely N-dealkylation sites (N-methyl/N-ethyl adjacent to an activating group) is 1. The summed E-state index contributed by atoms with van der Waals surface area (Å²) in [7, 11) is 7.87. The molecule has 17 heavy (non-hydrogen) atoms. The Kier molecular flexibility index (Phi) is 4.70. The summed E-state index contributed by atoms with van der Waals surface area (Å²) in [6, 6.07) is 7.75. The van der Waals surface area contributed by atoms with Crippen molar-refractivity contribution in [3.05, 3.63) is 29.8 Å². The minimum absolute atomic E-state index is 0.0276. The molecule has 1 aromatic rings. The van der Waals surface area contributed by atoms with E-state index in [2.05, 4.69) is 0 Å². The molecule has 0 amide bonds. The summed E-state index contributed by atoms with van der Waals surface area (Å²) < 4.78 is 0. The summed E-state index contributed by atoms with van der Waals surface area (Å²) in [5.41, 5.74) is 1.90. The van der Waals surface area contributed by atoms with Crippen LogP contribution in [0.15, 0.2) is 24.3 Å². The zero-order chi connectivity index (χ0) is 13.0. The highest BCUT2D eigenvalue weighted by Gasteiger charge is 2.19. The number of hydrogen-bond acceptors (Lipinski definition) is 3. The van der Waals surface area contributed by atoms with E-state index in [9.17, 15) is 4.79 Å². The quantitative estimate of drug-likeness (QED) is 0.730. The summed E-state index contributed by atoms with van der Waals surface area (Å²) in [6.07, 6.45) is 0.835. The van der Waals surface area contributed by atoms with Crippen molar-refractivity contribution in [2.45, 2.75) is 19.4 Å². The number of anilines is 1. The van der Waals surface area contributed by atoms with Crippen LogP contribution in [0.5, 0.6) is 0 Å². The first-order valence-electron chi connectivity index (χ1n) is 5.95. The van der Waals surface area contributed by atoms with Gasteiger partial charge in [-0.1, -0.05) is 6.92 Å². The molecule has 0 N–H and O–H groups in total. The van der Waals surface area contributed by atoms with E-state index in [1.165, 1.54) is 0 Å². The molecule has 1 unspecified atom stereocenters. The van der Waals surface area contributed by atoms with E-state index in [0.717, 1.165) is 17.7 Å². The Hall–Kier alpha value is -1.35. The monoisotopic (exact) mass is 234 g/mol. The smallest absolute Gasteiger partial charge is 0.179 e. The van der Waals surface area contributed by atoms with E-state index in [1.54, 1.807) is 0 Å². The van der Waals surface area contributed by atoms with Gasteiger partial charge >= 0.3 is 0 Å². The Labute approximate surface area is 104 Å².